The van der Waals surface area contributed by atoms with Gasteiger partial charge >= 0.3 is 0 Å². The van der Waals surface area contributed by atoms with Crippen LogP contribution in [0.4, 0.5) is 0 Å². The monoisotopic (exact) mass is 317 g/mol. The molecular formula is C20H31NO2. The number of hydrogen-bond acceptors (Lipinski definition) is 3. The summed E-state index contributed by atoms with van der Waals surface area (Å²) in [6, 6.07) is 8.08. The Hall–Kier alpha value is -1.50. The molecule has 0 aromatic heterocycles. The zero-order chi connectivity index (χ0) is 17.1. The number of unbranched alkanes of at least 4 members (excludes halogenated alkanes) is 4. The van der Waals surface area contributed by atoms with Crippen LogP contribution in [0, 0.1) is 12.3 Å². The van der Waals surface area contributed by atoms with Crippen LogP contribution in [0.2, 0.25) is 0 Å². The first kappa shape index (κ1) is 19.5. The molecule has 1 unspecified atom stereocenters. The summed E-state index contributed by atoms with van der Waals surface area (Å²) in [4.78, 5) is 0. The SMILES string of the molecule is C#C[C@@H](O)C(C)(N)CCc1ccc(OCCCCCCC)cc1. The molecule has 0 radical (unpaired) electrons. The van der Waals surface area contributed by atoms with Crippen molar-refractivity contribution >= 4 is 0 Å². The van der Waals surface area contributed by atoms with Crippen LogP contribution in [0.5, 0.6) is 5.75 Å². The topological polar surface area (TPSA) is 55.5 Å². The number of hydrogen-bond donors (Lipinski definition) is 2. The van der Waals surface area contributed by atoms with Crippen molar-refractivity contribution in [3.63, 3.8) is 0 Å². The van der Waals surface area contributed by atoms with Gasteiger partial charge in [0.2, 0.25) is 0 Å². The minimum atomic E-state index is -0.919. The van der Waals surface area contributed by atoms with Gasteiger partial charge in [0.05, 0.1) is 12.1 Å². The summed E-state index contributed by atoms with van der Waals surface area (Å²) < 4.78 is 5.75. The molecule has 0 aliphatic heterocycles. The second kappa shape index (κ2) is 10.3. The average molecular weight is 317 g/mol. The van der Waals surface area contributed by atoms with Crippen LogP contribution in [0.25, 0.3) is 0 Å². The Morgan fingerprint density at radius 3 is 2.48 bits per heavy atom. The van der Waals surface area contributed by atoms with Gasteiger partial charge in [-0.05, 0) is 43.9 Å². The lowest BCUT2D eigenvalue weighted by molar-refractivity contribution is 0.139. The Kier molecular flexibility index (Phi) is 8.76. The summed E-state index contributed by atoms with van der Waals surface area (Å²) in [5.41, 5.74) is 6.45. The van der Waals surface area contributed by atoms with Crippen LogP contribution in [-0.2, 0) is 6.42 Å². The van der Waals surface area contributed by atoms with Crippen molar-refractivity contribution in [2.24, 2.45) is 5.73 Å². The standard InChI is InChI=1S/C20H31NO2/c1-4-6-7-8-9-16-23-18-12-10-17(11-13-18)14-15-20(3,21)19(22)5-2/h2,10-13,19,22H,4,6-9,14-16,21H2,1,3H3/t19-,20?/m1/s1. The van der Waals surface area contributed by atoms with Gasteiger partial charge in [-0.1, -0.05) is 50.7 Å². The van der Waals surface area contributed by atoms with Crippen LogP contribution in [0.3, 0.4) is 0 Å². The molecule has 0 heterocycles. The van der Waals surface area contributed by atoms with E-state index >= 15 is 0 Å². The van der Waals surface area contributed by atoms with Gasteiger partial charge in [-0.25, -0.2) is 0 Å². The van der Waals surface area contributed by atoms with Gasteiger partial charge in [0.25, 0.3) is 0 Å². The predicted molar refractivity (Wildman–Crippen MR) is 96.4 cm³/mol. The van der Waals surface area contributed by atoms with E-state index in [-0.39, 0.29) is 0 Å². The maximum absolute atomic E-state index is 9.70. The minimum absolute atomic E-state index is 0.635. The summed E-state index contributed by atoms with van der Waals surface area (Å²) in [7, 11) is 0. The number of ether oxygens (including phenoxy) is 1. The van der Waals surface area contributed by atoms with Crippen molar-refractivity contribution in [1.29, 1.82) is 0 Å². The van der Waals surface area contributed by atoms with Crippen molar-refractivity contribution < 1.29 is 9.84 Å². The molecule has 3 nitrogen and oxygen atoms in total. The normalized spacial score (nSPS) is 14.7. The third-order valence-corrected chi connectivity index (χ3v) is 4.17. The zero-order valence-corrected chi connectivity index (χ0v) is 14.6. The lowest BCUT2D eigenvalue weighted by atomic mass is 9.89. The van der Waals surface area contributed by atoms with E-state index in [4.69, 9.17) is 16.9 Å². The highest BCUT2D eigenvalue weighted by molar-refractivity contribution is 5.27. The molecule has 2 atom stereocenters. The first-order chi connectivity index (χ1) is 11.0. The number of terminal acetylenes is 1. The van der Waals surface area contributed by atoms with Crippen LogP contribution >= 0.6 is 0 Å². The largest absolute Gasteiger partial charge is 0.494 e. The van der Waals surface area contributed by atoms with Gasteiger partial charge in [-0.15, -0.1) is 6.42 Å². The van der Waals surface area contributed by atoms with Gasteiger partial charge in [0.1, 0.15) is 11.9 Å². The molecule has 0 bridgehead atoms. The van der Waals surface area contributed by atoms with E-state index in [0.717, 1.165) is 25.2 Å². The van der Waals surface area contributed by atoms with Crippen molar-refractivity contribution in [2.75, 3.05) is 6.61 Å². The summed E-state index contributed by atoms with van der Waals surface area (Å²) in [6.07, 6.45) is 11.9. The fourth-order valence-corrected chi connectivity index (χ4v) is 2.39. The van der Waals surface area contributed by atoms with Crippen LogP contribution < -0.4 is 10.5 Å². The fourth-order valence-electron chi connectivity index (χ4n) is 2.39. The number of rotatable bonds is 11. The number of aliphatic hydroxyl groups is 1. The van der Waals surface area contributed by atoms with Crippen LogP contribution in [0.15, 0.2) is 24.3 Å². The van der Waals surface area contributed by atoms with Crippen molar-refractivity contribution in [3.8, 4) is 18.1 Å². The molecule has 3 N–H and O–H groups in total. The first-order valence-electron chi connectivity index (χ1n) is 8.64. The quantitative estimate of drug-likeness (QED) is 0.483. The van der Waals surface area contributed by atoms with Gasteiger partial charge in [-0.2, -0.15) is 0 Å². The Balaban J connectivity index is 2.32. The Bertz CT molecular complexity index is 473. The molecule has 0 aliphatic carbocycles. The zero-order valence-electron chi connectivity index (χ0n) is 14.6. The fraction of sp³-hybridized carbons (Fsp3) is 0.600. The maximum Gasteiger partial charge on any atom is 0.132 e. The molecule has 1 rings (SSSR count). The van der Waals surface area contributed by atoms with Gasteiger partial charge in [-0.3, -0.25) is 0 Å². The Morgan fingerprint density at radius 1 is 1.22 bits per heavy atom. The number of benzene rings is 1. The Morgan fingerprint density at radius 2 is 1.87 bits per heavy atom. The molecule has 1 aromatic rings. The number of aryl methyl sites for hydroxylation is 1. The van der Waals surface area contributed by atoms with Gasteiger partial charge < -0.3 is 15.6 Å². The smallest absolute Gasteiger partial charge is 0.132 e. The molecule has 0 saturated carbocycles. The van der Waals surface area contributed by atoms with E-state index in [1.54, 1.807) is 6.92 Å². The molecular weight excluding hydrogens is 286 g/mol. The predicted octanol–water partition coefficient (Wildman–Crippen LogP) is 3.68. The summed E-state index contributed by atoms with van der Waals surface area (Å²) in [5, 5.41) is 9.70. The average Bonchev–Trinajstić information content (AvgIpc) is 2.56. The van der Waals surface area contributed by atoms with E-state index in [0.29, 0.717) is 6.42 Å². The molecule has 0 aliphatic rings. The third kappa shape index (κ3) is 7.54. The van der Waals surface area contributed by atoms with E-state index in [1.807, 2.05) is 24.3 Å². The highest BCUT2D eigenvalue weighted by Gasteiger charge is 2.26. The van der Waals surface area contributed by atoms with E-state index in [9.17, 15) is 5.11 Å². The van der Waals surface area contributed by atoms with Crippen LogP contribution in [-0.4, -0.2) is 23.4 Å². The Labute approximate surface area is 141 Å². The third-order valence-electron chi connectivity index (χ3n) is 4.17. The lowest BCUT2D eigenvalue weighted by Crippen LogP contribution is -2.47. The maximum atomic E-state index is 9.70. The highest BCUT2D eigenvalue weighted by Crippen LogP contribution is 2.18. The van der Waals surface area contributed by atoms with Crippen molar-refractivity contribution in [1.82, 2.24) is 0 Å². The number of aliphatic hydroxyl groups excluding tert-OH is 1. The van der Waals surface area contributed by atoms with E-state index < -0.39 is 11.6 Å². The van der Waals surface area contributed by atoms with E-state index in [1.165, 1.54) is 31.2 Å². The van der Waals surface area contributed by atoms with E-state index in [2.05, 4.69) is 12.8 Å². The molecule has 0 saturated heterocycles. The molecule has 0 spiro atoms. The lowest BCUT2D eigenvalue weighted by Gasteiger charge is -2.27. The second-order valence-corrected chi connectivity index (χ2v) is 6.48. The molecule has 3 heteroatoms. The molecule has 1 aromatic carbocycles. The molecule has 23 heavy (non-hydrogen) atoms. The minimum Gasteiger partial charge on any atom is -0.494 e. The second-order valence-electron chi connectivity index (χ2n) is 6.48. The van der Waals surface area contributed by atoms with Crippen molar-refractivity contribution in [3.05, 3.63) is 29.8 Å². The molecule has 0 amide bonds. The molecule has 0 fully saturated rings. The van der Waals surface area contributed by atoms with Gasteiger partial charge in [0, 0.05) is 0 Å². The van der Waals surface area contributed by atoms with Gasteiger partial charge in [0.15, 0.2) is 0 Å². The van der Waals surface area contributed by atoms with Crippen molar-refractivity contribution in [2.45, 2.75) is 70.4 Å². The summed E-state index contributed by atoms with van der Waals surface area (Å²) in [5.74, 6) is 3.21. The first-order valence-corrected chi connectivity index (χ1v) is 8.64. The number of nitrogens with two attached hydrogens (primary N) is 1. The highest BCUT2D eigenvalue weighted by atomic mass is 16.5. The van der Waals surface area contributed by atoms with Crippen LogP contribution in [0.1, 0.15) is 57.9 Å². The molecule has 128 valence electrons. The summed E-state index contributed by atoms with van der Waals surface area (Å²) >= 11 is 0. The summed E-state index contributed by atoms with van der Waals surface area (Å²) in [6.45, 7) is 4.78.